The molecule has 0 radical (unpaired) electrons. The van der Waals surface area contributed by atoms with Crippen LogP contribution in [-0.2, 0) is 17.9 Å². The van der Waals surface area contributed by atoms with Crippen LogP contribution in [-0.4, -0.2) is 51.9 Å². The molecule has 140 valence electrons. The molecule has 6 heteroatoms. The standard InChI is InChI=1S/C21H25N5O/c1-16(27)26-12-10-25(11-13-26)15-17-2-4-19(5-3-17)24-14-18-6-8-22-21-20(18)7-9-23-21/h2-9,24H,10-15H2,1H3,(H,22,23). The number of piperazine rings is 1. The molecule has 0 aliphatic carbocycles. The van der Waals surface area contributed by atoms with E-state index in [0.29, 0.717) is 0 Å². The largest absolute Gasteiger partial charge is 0.381 e. The number of aromatic nitrogens is 2. The first-order valence-corrected chi connectivity index (χ1v) is 9.41. The van der Waals surface area contributed by atoms with Gasteiger partial charge in [-0.15, -0.1) is 0 Å². The maximum Gasteiger partial charge on any atom is 0.219 e. The van der Waals surface area contributed by atoms with Crippen LogP contribution in [0.1, 0.15) is 18.1 Å². The summed E-state index contributed by atoms with van der Waals surface area (Å²) in [6.07, 6.45) is 3.76. The Hall–Kier alpha value is -2.86. The van der Waals surface area contributed by atoms with E-state index in [4.69, 9.17) is 0 Å². The normalized spacial score (nSPS) is 15.2. The molecule has 1 fully saturated rings. The number of carbonyl (C=O) groups is 1. The lowest BCUT2D eigenvalue weighted by atomic mass is 10.1. The average Bonchev–Trinajstić information content (AvgIpc) is 3.17. The second-order valence-electron chi connectivity index (χ2n) is 7.04. The Morgan fingerprint density at radius 3 is 2.63 bits per heavy atom. The molecule has 1 saturated heterocycles. The van der Waals surface area contributed by atoms with Crippen molar-refractivity contribution in [3.63, 3.8) is 0 Å². The van der Waals surface area contributed by atoms with Crippen molar-refractivity contribution >= 4 is 22.6 Å². The zero-order valence-electron chi connectivity index (χ0n) is 15.6. The number of H-pyrrole nitrogens is 1. The lowest BCUT2D eigenvalue weighted by Crippen LogP contribution is -2.47. The minimum Gasteiger partial charge on any atom is -0.381 e. The van der Waals surface area contributed by atoms with Gasteiger partial charge >= 0.3 is 0 Å². The summed E-state index contributed by atoms with van der Waals surface area (Å²) in [5, 5.41) is 4.65. The van der Waals surface area contributed by atoms with Crippen LogP contribution in [0.2, 0.25) is 0 Å². The van der Waals surface area contributed by atoms with E-state index < -0.39 is 0 Å². The maximum absolute atomic E-state index is 11.4. The van der Waals surface area contributed by atoms with Gasteiger partial charge in [-0.05, 0) is 35.4 Å². The first kappa shape index (κ1) is 17.5. The van der Waals surface area contributed by atoms with E-state index >= 15 is 0 Å². The lowest BCUT2D eigenvalue weighted by molar-refractivity contribution is -0.130. The summed E-state index contributed by atoms with van der Waals surface area (Å²) >= 11 is 0. The molecule has 3 aromatic rings. The number of pyridine rings is 1. The van der Waals surface area contributed by atoms with Gasteiger partial charge in [-0.3, -0.25) is 9.69 Å². The number of nitrogens with one attached hydrogen (secondary N) is 2. The van der Waals surface area contributed by atoms with Crippen molar-refractivity contribution < 1.29 is 4.79 Å². The van der Waals surface area contributed by atoms with E-state index in [-0.39, 0.29) is 5.91 Å². The van der Waals surface area contributed by atoms with E-state index in [1.165, 1.54) is 11.1 Å². The van der Waals surface area contributed by atoms with E-state index in [2.05, 4.69) is 56.6 Å². The van der Waals surface area contributed by atoms with E-state index in [0.717, 1.165) is 56.0 Å². The number of amides is 1. The van der Waals surface area contributed by atoms with Crippen LogP contribution in [0, 0.1) is 0 Å². The van der Waals surface area contributed by atoms with Crippen molar-refractivity contribution in [1.29, 1.82) is 0 Å². The maximum atomic E-state index is 11.4. The van der Waals surface area contributed by atoms with Gasteiger partial charge < -0.3 is 15.2 Å². The third-order valence-corrected chi connectivity index (χ3v) is 5.21. The summed E-state index contributed by atoms with van der Waals surface area (Å²) in [4.78, 5) is 23.2. The predicted molar refractivity (Wildman–Crippen MR) is 107 cm³/mol. The second kappa shape index (κ2) is 7.80. The Labute approximate surface area is 159 Å². The zero-order valence-corrected chi connectivity index (χ0v) is 15.6. The number of hydrogen-bond donors (Lipinski definition) is 2. The topological polar surface area (TPSA) is 64.3 Å². The summed E-state index contributed by atoms with van der Waals surface area (Å²) in [5.74, 6) is 0.177. The monoisotopic (exact) mass is 363 g/mol. The fourth-order valence-electron chi connectivity index (χ4n) is 3.58. The second-order valence-corrected chi connectivity index (χ2v) is 7.04. The molecule has 0 bridgehead atoms. The van der Waals surface area contributed by atoms with E-state index in [9.17, 15) is 4.79 Å². The van der Waals surface area contributed by atoms with Gasteiger partial charge in [-0.25, -0.2) is 4.98 Å². The van der Waals surface area contributed by atoms with Crippen LogP contribution < -0.4 is 5.32 Å². The van der Waals surface area contributed by atoms with Gasteiger partial charge in [-0.1, -0.05) is 12.1 Å². The lowest BCUT2D eigenvalue weighted by Gasteiger charge is -2.34. The van der Waals surface area contributed by atoms with Gasteiger partial charge in [-0.2, -0.15) is 0 Å². The first-order chi connectivity index (χ1) is 13.2. The Morgan fingerprint density at radius 1 is 1.11 bits per heavy atom. The van der Waals surface area contributed by atoms with Crippen LogP contribution in [0.25, 0.3) is 11.0 Å². The van der Waals surface area contributed by atoms with Gasteiger partial charge in [0.2, 0.25) is 5.91 Å². The average molecular weight is 363 g/mol. The summed E-state index contributed by atoms with van der Waals surface area (Å²) in [7, 11) is 0. The van der Waals surface area contributed by atoms with Crippen LogP contribution in [0.5, 0.6) is 0 Å². The number of carbonyl (C=O) groups excluding carboxylic acids is 1. The summed E-state index contributed by atoms with van der Waals surface area (Å²) in [6, 6.07) is 12.7. The number of rotatable bonds is 5. The van der Waals surface area contributed by atoms with Gasteiger partial charge in [0, 0.05) is 69.7 Å². The number of hydrogen-bond acceptors (Lipinski definition) is 4. The number of benzene rings is 1. The minimum atomic E-state index is 0.177. The van der Waals surface area contributed by atoms with Gasteiger partial charge in [0.25, 0.3) is 0 Å². The smallest absolute Gasteiger partial charge is 0.219 e. The molecule has 1 aliphatic heterocycles. The molecule has 2 N–H and O–H groups in total. The third kappa shape index (κ3) is 4.11. The Kier molecular flexibility index (Phi) is 5.07. The number of nitrogens with zero attached hydrogens (tertiary/aromatic N) is 3. The Bertz CT molecular complexity index is 910. The Balaban J connectivity index is 1.31. The molecule has 27 heavy (non-hydrogen) atoms. The van der Waals surface area contributed by atoms with Gasteiger partial charge in [0.1, 0.15) is 5.65 Å². The highest BCUT2D eigenvalue weighted by Crippen LogP contribution is 2.18. The van der Waals surface area contributed by atoms with Crippen molar-refractivity contribution in [2.24, 2.45) is 0 Å². The predicted octanol–water partition coefficient (Wildman–Crippen LogP) is 2.84. The fraction of sp³-hybridized carbons (Fsp3) is 0.333. The highest BCUT2D eigenvalue weighted by Gasteiger charge is 2.18. The summed E-state index contributed by atoms with van der Waals surface area (Å²) in [6.45, 7) is 6.88. The molecule has 0 unspecified atom stereocenters. The summed E-state index contributed by atoms with van der Waals surface area (Å²) in [5.41, 5.74) is 4.57. The van der Waals surface area contributed by atoms with Gasteiger partial charge in [0.15, 0.2) is 0 Å². The molecule has 0 spiro atoms. The van der Waals surface area contributed by atoms with E-state index in [1.807, 2.05) is 17.3 Å². The van der Waals surface area contributed by atoms with Crippen molar-refractivity contribution in [3.05, 3.63) is 59.9 Å². The highest BCUT2D eigenvalue weighted by atomic mass is 16.2. The van der Waals surface area contributed by atoms with Gasteiger partial charge in [0.05, 0.1) is 0 Å². The molecule has 6 nitrogen and oxygen atoms in total. The summed E-state index contributed by atoms with van der Waals surface area (Å²) < 4.78 is 0. The molecule has 1 aliphatic rings. The molecule has 4 rings (SSSR count). The van der Waals surface area contributed by atoms with Crippen molar-refractivity contribution in [2.45, 2.75) is 20.0 Å². The van der Waals surface area contributed by atoms with Crippen molar-refractivity contribution in [1.82, 2.24) is 19.8 Å². The highest BCUT2D eigenvalue weighted by molar-refractivity contribution is 5.79. The number of aromatic amines is 1. The first-order valence-electron chi connectivity index (χ1n) is 9.41. The molecular weight excluding hydrogens is 338 g/mol. The molecule has 0 saturated carbocycles. The molecule has 3 heterocycles. The Morgan fingerprint density at radius 2 is 1.89 bits per heavy atom. The van der Waals surface area contributed by atoms with Crippen LogP contribution in [0.4, 0.5) is 5.69 Å². The molecule has 1 aromatic carbocycles. The minimum absolute atomic E-state index is 0.177. The van der Waals surface area contributed by atoms with Crippen LogP contribution >= 0.6 is 0 Å². The quantitative estimate of drug-likeness (QED) is 0.732. The molecular formula is C21H25N5O. The van der Waals surface area contributed by atoms with Crippen LogP contribution in [0.15, 0.2) is 48.8 Å². The van der Waals surface area contributed by atoms with E-state index in [1.54, 1.807) is 6.92 Å². The van der Waals surface area contributed by atoms with Crippen molar-refractivity contribution in [2.75, 3.05) is 31.5 Å². The molecule has 1 amide bonds. The molecule has 0 atom stereocenters. The molecule has 2 aromatic heterocycles. The SMILES string of the molecule is CC(=O)N1CCN(Cc2ccc(NCc3ccnc4[nH]ccc34)cc2)CC1. The third-order valence-electron chi connectivity index (χ3n) is 5.21. The van der Waals surface area contributed by atoms with Crippen molar-refractivity contribution in [3.8, 4) is 0 Å². The number of fused-ring (bicyclic) bond motifs is 1. The fourth-order valence-corrected chi connectivity index (χ4v) is 3.58. The number of anilines is 1. The zero-order chi connectivity index (χ0) is 18.6. The van der Waals surface area contributed by atoms with Crippen LogP contribution in [0.3, 0.4) is 0 Å².